The van der Waals surface area contributed by atoms with Gasteiger partial charge in [-0.3, -0.25) is 4.79 Å². The Labute approximate surface area is 149 Å². The normalized spacial score (nSPS) is 10.6. The first-order valence-electron chi connectivity index (χ1n) is 7.81. The minimum absolute atomic E-state index is 0.173. The van der Waals surface area contributed by atoms with Gasteiger partial charge in [0, 0.05) is 18.2 Å². The number of halogens is 2. The van der Waals surface area contributed by atoms with Crippen molar-refractivity contribution in [3.05, 3.63) is 82.9 Å². The number of aromatic nitrogens is 2. The van der Waals surface area contributed by atoms with E-state index in [1.807, 2.05) is 36.5 Å². The molecule has 0 spiro atoms. The Morgan fingerprint density at radius 3 is 2.72 bits per heavy atom. The molecule has 0 radical (unpaired) electrons. The first kappa shape index (κ1) is 17.2. The van der Waals surface area contributed by atoms with Crippen LogP contribution in [0.15, 0.2) is 60.9 Å². The van der Waals surface area contributed by atoms with E-state index in [9.17, 15) is 9.18 Å². The van der Waals surface area contributed by atoms with Crippen molar-refractivity contribution in [1.29, 1.82) is 0 Å². The number of hydrogen-bond donors (Lipinski definition) is 0. The average Bonchev–Trinajstić information content (AvgIpc) is 3.09. The second kappa shape index (κ2) is 7.94. The number of para-hydroxylation sites is 1. The third-order valence-electron chi connectivity index (χ3n) is 3.71. The molecule has 1 heterocycles. The van der Waals surface area contributed by atoms with E-state index in [1.54, 1.807) is 16.9 Å². The van der Waals surface area contributed by atoms with Crippen LogP contribution < -0.4 is 0 Å². The maximum Gasteiger partial charge on any atom is 0.306 e. The molecule has 0 atom stereocenters. The van der Waals surface area contributed by atoms with Crippen LogP contribution >= 0.6 is 11.6 Å². The highest BCUT2D eigenvalue weighted by atomic mass is 35.5. The average molecular weight is 359 g/mol. The number of ether oxygens (including phenoxy) is 1. The summed E-state index contributed by atoms with van der Waals surface area (Å²) in [6.45, 7) is -0.173. The summed E-state index contributed by atoms with van der Waals surface area (Å²) in [5.74, 6) is -0.892. The molecule has 0 bridgehead atoms. The lowest BCUT2D eigenvalue weighted by atomic mass is 10.2. The number of benzene rings is 2. The van der Waals surface area contributed by atoms with Crippen molar-refractivity contribution in [3.63, 3.8) is 0 Å². The van der Waals surface area contributed by atoms with Gasteiger partial charge in [0.25, 0.3) is 0 Å². The third-order valence-corrected chi connectivity index (χ3v) is 4.07. The van der Waals surface area contributed by atoms with Crippen LogP contribution in [-0.2, 0) is 22.6 Å². The van der Waals surface area contributed by atoms with Crippen molar-refractivity contribution in [2.24, 2.45) is 0 Å². The van der Waals surface area contributed by atoms with E-state index in [1.165, 1.54) is 12.1 Å². The van der Waals surface area contributed by atoms with Gasteiger partial charge in [-0.05, 0) is 36.2 Å². The van der Waals surface area contributed by atoms with Crippen molar-refractivity contribution >= 4 is 17.6 Å². The predicted molar refractivity (Wildman–Crippen MR) is 93.1 cm³/mol. The van der Waals surface area contributed by atoms with E-state index in [2.05, 4.69) is 5.10 Å². The number of esters is 1. The van der Waals surface area contributed by atoms with E-state index in [-0.39, 0.29) is 23.6 Å². The summed E-state index contributed by atoms with van der Waals surface area (Å²) in [4.78, 5) is 11.9. The van der Waals surface area contributed by atoms with Crippen molar-refractivity contribution in [1.82, 2.24) is 9.78 Å². The lowest BCUT2D eigenvalue weighted by molar-refractivity contribution is -0.144. The summed E-state index contributed by atoms with van der Waals surface area (Å²) in [6.07, 6.45) is 4.27. The summed E-state index contributed by atoms with van der Waals surface area (Å²) in [6, 6.07) is 14.0. The fourth-order valence-corrected chi connectivity index (χ4v) is 2.57. The molecule has 0 saturated carbocycles. The second-order valence-corrected chi connectivity index (χ2v) is 5.90. The Kier molecular flexibility index (Phi) is 5.46. The Morgan fingerprint density at radius 1 is 1.16 bits per heavy atom. The molecular weight excluding hydrogens is 343 g/mol. The van der Waals surface area contributed by atoms with Crippen LogP contribution in [0, 0.1) is 5.82 Å². The van der Waals surface area contributed by atoms with Gasteiger partial charge in [-0.2, -0.15) is 5.10 Å². The van der Waals surface area contributed by atoms with Gasteiger partial charge in [0.05, 0.1) is 16.9 Å². The zero-order chi connectivity index (χ0) is 17.6. The first-order chi connectivity index (χ1) is 12.1. The second-order valence-electron chi connectivity index (χ2n) is 5.49. The summed E-state index contributed by atoms with van der Waals surface area (Å²) < 4.78 is 20.5. The van der Waals surface area contributed by atoms with E-state index in [4.69, 9.17) is 16.3 Å². The fraction of sp³-hybridized carbons (Fsp3) is 0.158. The highest BCUT2D eigenvalue weighted by Crippen LogP contribution is 2.20. The minimum Gasteiger partial charge on any atom is -0.461 e. The third kappa shape index (κ3) is 4.45. The van der Waals surface area contributed by atoms with Gasteiger partial charge in [0.1, 0.15) is 12.4 Å². The first-order valence-corrected chi connectivity index (χ1v) is 8.19. The molecule has 1 aromatic heterocycles. The number of hydrogen-bond acceptors (Lipinski definition) is 3. The maximum atomic E-state index is 13.6. The number of aryl methyl sites for hydroxylation is 1. The van der Waals surface area contributed by atoms with Crippen LogP contribution in [0.1, 0.15) is 17.5 Å². The molecule has 0 fully saturated rings. The highest BCUT2D eigenvalue weighted by molar-refractivity contribution is 6.31. The van der Waals surface area contributed by atoms with Crippen LogP contribution in [-0.4, -0.2) is 15.7 Å². The molecular formula is C19H16ClFN2O2. The molecule has 25 heavy (non-hydrogen) atoms. The summed E-state index contributed by atoms with van der Waals surface area (Å²) in [7, 11) is 0. The van der Waals surface area contributed by atoms with Gasteiger partial charge in [0.15, 0.2) is 0 Å². The molecule has 0 saturated heterocycles. The largest absolute Gasteiger partial charge is 0.461 e. The number of rotatable bonds is 6. The van der Waals surface area contributed by atoms with Crippen LogP contribution in [0.5, 0.6) is 0 Å². The highest BCUT2D eigenvalue weighted by Gasteiger charge is 2.11. The zero-order valence-corrected chi connectivity index (χ0v) is 14.1. The van der Waals surface area contributed by atoms with Crippen molar-refractivity contribution in [2.45, 2.75) is 19.4 Å². The Balaban J connectivity index is 1.52. The molecule has 0 amide bonds. The molecule has 0 unspecified atom stereocenters. The van der Waals surface area contributed by atoms with Gasteiger partial charge in [0.2, 0.25) is 0 Å². The van der Waals surface area contributed by atoms with Gasteiger partial charge < -0.3 is 4.74 Å². The quantitative estimate of drug-likeness (QED) is 0.616. The molecule has 3 rings (SSSR count). The van der Waals surface area contributed by atoms with E-state index < -0.39 is 11.8 Å². The van der Waals surface area contributed by atoms with E-state index >= 15 is 0 Å². The molecule has 2 aromatic carbocycles. The fourth-order valence-electron chi connectivity index (χ4n) is 2.35. The molecule has 0 aliphatic rings. The van der Waals surface area contributed by atoms with Gasteiger partial charge >= 0.3 is 5.97 Å². The Morgan fingerprint density at radius 2 is 1.96 bits per heavy atom. The molecule has 3 aromatic rings. The molecule has 128 valence electrons. The van der Waals surface area contributed by atoms with Gasteiger partial charge in [-0.15, -0.1) is 0 Å². The minimum atomic E-state index is -0.482. The molecule has 0 N–H and O–H groups in total. The Hall–Kier alpha value is -2.66. The van der Waals surface area contributed by atoms with E-state index in [0.717, 1.165) is 11.3 Å². The van der Waals surface area contributed by atoms with Crippen molar-refractivity contribution in [2.75, 3.05) is 0 Å². The van der Waals surface area contributed by atoms with Crippen LogP contribution in [0.4, 0.5) is 4.39 Å². The van der Waals surface area contributed by atoms with Crippen LogP contribution in [0.25, 0.3) is 5.69 Å². The van der Waals surface area contributed by atoms with Crippen molar-refractivity contribution in [3.8, 4) is 5.69 Å². The van der Waals surface area contributed by atoms with Crippen LogP contribution in [0.2, 0.25) is 5.02 Å². The predicted octanol–water partition coefficient (Wildman–Crippen LogP) is 4.34. The lowest BCUT2D eigenvalue weighted by Crippen LogP contribution is -2.07. The molecule has 0 aliphatic carbocycles. The smallest absolute Gasteiger partial charge is 0.306 e. The number of nitrogens with zero attached hydrogens (tertiary/aromatic N) is 2. The zero-order valence-electron chi connectivity index (χ0n) is 13.4. The van der Waals surface area contributed by atoms with Gasteiger partial charge in [-0.25, -0.2) is 9.07 Å². The van der Waals surface area contributed by atoms with Crippen molar-refractivity contribution < 1.29 is 13.9 Å². The number of carbonyl (C=O) groups excluding carboxylic acids is 1. The maximum absolute atomic E-state index is 13.6. The topological polar surface area (TPSA) is 44.1 Å². The Bertz CT molecular complexity index is 845. The summed E-state index contributed by atoms with van der Waals surface area (Å²) in [5.41, 5.74) is 2.06. The lowest BCUT2D eigenvalue weighted by Gasteiger charge is -2.07. The SMILES string of the molecule is O=C(CCc1cnn(-c2ccccc2)c1)OCc1c(F)cccc1Cl. The summed E-state index contributed by atoms with van der Waals surface area (Å²) >= 11 is 5.90. The number of carbonyl (C=O) groups is 1. The molecule has 0 aliphatic heterocycles. The van der Waals surface area contributed by atoms with Gasteiger partial charge in [-0.1, -0.05) is 35.9 Å². The standard InChI is InChI=1S/C19H16ClFN2O2/c20-17-7-4-8-18(21)16(17)13-25-19(24)10-9-14-11-22-23(12-14)15-5-2-1-3-6-15/h1-8,11-12H,9-10,13H2. The molecule has 4 nitrogen and oxygen atoms in total. The monoisotopic (exact) mass is 358 g/mol. The van der Waals surface area contributed by atoms with E-state index in [0.29, 0.717) is 6.42 Å². The van der Waals surface area contributed by atoms with Crippen LogP contribution in [0.3, 0.4) is 0 Å². The summed E-state index contributed by atoms with van der Waals surface area (Å²) in [5, 5.41) is 4.53. The molecule has 6 heteroatoms.